The van der Waals surface area contributed by atoms with Crippen molar-refractivity contribution in [3.8, 4) is 0 Å². The molecule has 6 heteroatoms. The first-order valence-corrected chi connectivity index (χ1v) is 6.78. The normalized spacial score (nSPS) is 12.1. The molecule has 0 aliphatic rings. The van der Waals surface area contributed by atoms with E-state index in [0.29, 0.717) is 5.82 Å². The van der Waals surface area contributed by atoms with Crippen LogP contribution in [0, 0.1) is 0 Å². The molecule has 0 aliphatic carbocycles. The van der Waals surface area contributed by atoms with Crippen LogP contribution in [0.3, 0.4) is 0 Å². The maximum atomic E-state index is 10.7. The van der Waals surface area contributed by atoms with Crippen LogP contribution in [-0.2, 0) is 6.42 Å². The first-order valence-electron chi connectivity index (χ1n) is 5.90. The summed E-state index contributed by atoms with van der Waals surface area (Å²) in [4.78, 5) is 14.0. The average molecular weight is 277 g/mol. The number of carboxylic acid groups (broad SMARTS) is 1. The second kappa shape index (κ2) is 5.79. The number of aromatic carboxylic acids is 1. The summed E-state index contributed by atoms with van der Waals surface area (Å²) >= 11 is 1.73. The van der Waals surface area contributed by atoms with E-state index >= 15 is 0 Å². The minimum absolute atomic E-state index is 0.0388. The van der Waals surface area contributed by atoms with Gasteiger partial charge in [0.1, 0.15) is 0 Å². The van der Waals surface area contributed by atoms with Crippen molar-refractivity contribution >= 4 is 23.1 Å². The van der Waals surface area contributed by atoms with Gasteiger partial charge in [-0.2, -0.15) is 0 Å². The lowest BCUT2D eigenvalue weighted by molar-refractivity contribution is 0.0689. The molecule has 0 radical (unpaired) electrons. The van der Waals surface area contributed by atoms with Crippen molar-refractivity contribution in [3.63, 3.8) is 0 Å². The number of carbonyl (C=O) groups is 1. The molecule has 1 unspecified atom stereocenters. The molecular weight excluding hydrogens is 262 g/mol. The van der Waals surface area contributed by atoms with E-state index in [1.54, 1.807) is 17.4 Å². The molecule has 2 aromatic rings. The van der Waals surface area contributed by atoms with E-state index in [0.717, 1.165) is 6.42 Å². The largest absolute Gasteiger partial charge is 0.476 e. The lowest BCUT2D eigenvalue weighted by Gasteiger charge is -2.25. The Morgan fingerprint density at radius 2 is 2.21 bits per heavy atom. The van der Waals surface area contributed by atoms with E-state index in [1.165, 1.54) is 10.9 Å². The Balaban J connectivity index is 2.06. The molecule has 0 amide bonds. The summed E-state index contributed by atoms with van der Waals surface area (Å²) in [6, 6.07) is 7.56. The monoisotopic (exact) mass is 277 g/mol. The maximum absolute atomic E-state index is 10.7. The van der Waals surface area contributed by atoms with Gasteiger partial charge in [0.15, 0.2) is 11.5 Å². The standard InChI is InChI=1S/C13H15N3O2S/c1-9(8-10-4-3-7-19-10)16(2)12-6-5-11(13(17)18)14-15-12/h3-7,9H,8H2,1-2H3,(H,17,18). The number of aromatic nitrogens is 2. The molecule has 1 N–H and O–H groups in total. The van der Waals surface area contributed by atoms with Crippen molar-refractivity contribution < 1.29 is 9.90 Å². The number of hydrogen-bond acceptors (Lipinski definition) is 5. The molecule has 0 saturated carbocycles. The fourth-order valence-electron chi connectivity index (χ4n) is 1.71. The fraction of sp³-hybridized carbons (Fsp3) is 0.308. The van der Waals surface area contributed by atoms with Crippen LogP contribution in [0.5, 0.6) is 0 Å². The third-order valence-electron chi connectivity index (χ3n) is 2.97. The average Bonchev–Trinajstić information content (AvgIpc) is 2.90. The summed E-state index contributed by atoms with van der Waals surface area (Å²) in [7, 11) is 1.93. The van der Waals surface area contributed by atoms with Crippen molar-refractivity contribution in [1.29, 1.82) is 0 Å². The third-order valence-corrected chi connectivity index (χ3v) is 3.87. The molecule has 2 aromatic heterocycles. The highest BCUT2D eigenvalue weighted by Gasteiger charge is 2.14. The highest BCUT2D eigenvalue weighted by atomic mass is 32.1. The minimum Gasteiger partial charge on any atom is -0.476 e. The smallest absolute Gasteiger partial charge is 0.356 e. The van der Waals surface area contributed by atoms with Crippen LogP contribution < -0.4 is 4.90 Å². The molecular formula is C13H15N3O2S. The Bertz CT molecular complexity index is 540. The van der Waals surface area contributed by atoms with Gasteiger partial charge in [0.05, 0.1) is 0 Å². The first kappa shape index (κ1) is 13.5. The predicted molar refractivity (Wildman–Crippen MR) is 74.9 cm³/mol. The number of anilines is 1. The fourth-order valence-corrected chi connectivity index (χ4v) is 2.54. The maximum Gasteiger partial charge on any atom is 0.356 e. The molecule has 1 atom stereocenters. The van der Waals surface area contributed by atoms with E-state index < -0.39 is 5.97 Å². The minimum atomic E-state index is -1.06. The number of likely N-dealkylation sites (N-methyl/N-ethyl adjacent to an activating group) is 1. The topological polar surface area (TPSA) is 66.3 Å². The Hall–Kier alpha value is -1.95. The van der Waals surface area contributed by atoms with Gasteiger partial charge in [-0.05, 0) is 30.5 Å². The summed E-state index contributed by atoms with van der Waals surface area (Å²) in [6.07, 6.45) is 0.927. The van der Waals surface area contributed by atoms with Gasteiger partial charge in [-0.15, -0.1) is 21.5 Å². The van der Waals surface area contributed by atoms with E-state index in [4.69, 9.17) is 5.11 Å². The molecule has 0 bridgehead atoms. The highest BCUT2D eigenvalue weighted by molar-refractivity contribution is 7.09. The van der Waals surface area contributed by atoms with Gasteiger partial charge in [0, 0.05) is 24.4 Å². The molecule has 19 heavy (non-hydrogen) atoms. The van der Waals surface area contributed by atoms with Crippen LogP contribution >= 0.6 is 11.3 Å². The van der Waals surface area contributed by atoms with E-state index in [2.05, 4.69) is 28.6 Å². The summed E-state index contributed by atoms with van der Waals surface area (Å²) in [6.45, 7) is 2.10. The predicted octanol–water partition coefficient (Wildman–Crippen LogP) is 2.30. The van der Waals surface area contributed by atoms with Crippen LogP contribution in [0.15, 0.2) is 29.6 Å². The summed E-state index contributed by atoms with van der Waals surface area (Å²) in [5.41, 5.74) is -0.0388. The number of hydrogen-bond donors (Lipinski definition) is 1. The van der Waals surface area contributed by atoms with Crippen molar-refractivity contribution in [2.24, 2.45) is 0 Å². The quantitative estimate of drug-likeness (QED) is 0.908. The third kappa shape index (κ3) is 3.29. The van der Waals surface area contributed by atoms with E-state index in [9.17, 15) is 4.79 Å². The van der Waals surface area contributed by atoms with Gasteiger partial charge < -0.3 is 10.0 Å². The molecule has 2 rings (SSSR count). The molecule has 0 saturated heterocycles. The number of nitrogens with zero attached hydrogens (tertiary/aromatic N) is 3. The molecule has 5 nitrogen and oxygen atoms in total. The molecule has 0 aromatic carbocycles. The second-order valence-corrected chi connectivity index (χ2v) is 5.36. The Morgan fingerprint density at radius 1 is 1.42 bits per heavy atom. The SMILES string of the molecule is CC(Cc1cccs1)N(C)c1ccc(C(=O)O)nn1. The van der Waals surface area contributed by atoms with Gasteiger partial charge >= 0.3 is 5.97 Å². The zero-order valence-electron chi connectivity index (χ0n) is 10.8. The van der Waals surface area contributed by atoms with Crippen LogP contribution in [0.2, 0.25) is 0 Å². The molecule has 0 fully saturated rings. The molecule has 100 valence electrons. The van der Waals surface area contributed by atoms with Gasteiger partial charge in [-0.1, -0.05) is 6.07 Å². The highest BCUT2D eigenvalue weighted by Crippen LogP contribution is 2.17. The molecule has 2 heterocycles. The van der Waals surface area contributed by atoms with Crippen molar-refractivity contribution in [3.05, 3.63) is 40.2 Å². The Kier molecular flexibility index (Phi) is 4.11. The van der Waals surface area contributed by atoms with Crippen molar-refractivity contribution in [2.75, 3.05) is 11.9 Å². The zero-order chi connectivity index (χ0) is 13.8. The zero-order valence-corrected chi connectivity index (χ0v) is 11.6. The van der Waals surface area contributed by atoms with Gasteiger partial charge in [-0.25, -0.2) is 4.79 Å². The van der Waals surface area contributed by atoms with Crippen LogP contribution in [0.1, 0.15) is 22.3 Å². The van der Waals surface area contributed by atoms with Gasteiger partial charge in [0.25, 0.3) is 0 Å². The van der Waals surface area contributed by atoms with Gasteiger partial charge in [0.2, 0.25) is 0 Å². The van der Waals surface area contributed by atoms with Gasteiger partial charge in [-0.3, -0.25) is 0 Å². The number of rotatable bonds is 5. The Labute approximate surface area is 115 Å². The van der Waals surface area contributed by atoms with Crippen molar-refractivity contribution in [2.45, 2.75) is 19.4 Å². The van der Waals surface area contributed by atoms with Crippen LogP contribution in [0.4, 0.5) is 5.82 Å². The van der Waals surface area contributed by atoms with E-state index in [-0.39, 0.29) is 11.7 Å². The first-order chi connectivity index (χ1) is 9.08. The van der Waals surface area contributed by atoms with Crippen LogP contribution in [-0.4, -0.2) is 34.4 Å². The lowest BCUT2D eigenvalue weighted by Crippen LogP contribution is -2.31. The number of thiophene rings is 1. The Morgan fingerprint density at radius 3 is 2.74 bits per heavy atom. The molecule has 0 spiro atoms. The van der Waals surface area contributed by atoms with Crippen molar-refractivity contribution in [1.82, 2.24) is 10.2 Å². The summed E-state index contributed by atoms with van der Waals surface area (Å²) in [5, 5.41) is 18.5. The summed E-state index contributed by atoms with van der Waals surface area (Å²) in [5.74, 6) is -0.387. The summed E-state index contributed by atoms with van der Waals surface area (Å²) < 4.78 is 0. The van der Waals surface area contributed by atoms with E-state index in [1.807, 2.05) is 18.0 Å². The number of carboxylic acids is 1. The lowest BCUT2D eigenvalue weighted by atomic mass is 10.2. The van der Waals surface area contributed by atoms with Crippen LogP contribution in [0.25, 0.3) is 0 Å². The second-order valence-electron chi connectivity index (χ2n) is 4.33. The molecule has 0 aliphatic heterocycles.